The fourth-order valence-electron chi connectivity index (χ4n) is 3.72. The molecule has 1 saturated heterocycles. The number of hydrogen-bond acceptors (Lipinski definition) is 7. The first-order valence-corrected chi connectivity index (χ1v) is 10.1. The van der Waals surface area contributed by atoms with E-state index in [1.54, 1.807) is 25.3 Å². The van der Waals surface area contributed by atoms with Gasteiger partial charge in [0, 0.05) is 38.4 Å². The predicted molar refractivity (Wildman–Crippen MR) is 116 cm³/mol. The molecular weight excluding hydrogens is 384 g/mol. The second-order valence-electron chi connectivity index (χ2n) is 7.34. The molecule has 0 amide bonds. The molecule has 1 N–H and O–H groups in total. The molecular formula is C23H26N2O5. The van der Waals surface area contributed by atoms with Gasteiger partial charge in [-0.05, 0) is 48.9 Å². The van der Waals surface area contributed by atoms with Gasteiger partial charge in [-0.2, -0.15) is 0 Å². The van der Waals surface area contributed by atoms with E-state index in [1.165, 1.54) is 5.69 Å². The molecule has 158 valence electrons. The first-order chi connectivity index (χ1) is 14.6. The number of fused-ring (bicyclic) bond motifs is 1. The van der Waals surface area contributed by atoms with Gasteiger partial charge >= 0.3 is 5.63 Å². The molecule has 1 fully saturated rings. The zero-order valence-corrected chi connectivity index (χ0v) is 17.0. The van der Waals surface area contributed by atoms with Crippen LogP contribution in [-0.4, -0.2) is 56.4 Å². The van der Waals surface area contributed by atoms with E-state index in [4.69, 9.17) is 13.9 Å². The number of benzene rings is 2. The lowest BCUT2D eigenvalue weighted by Gasteiger charge is -2.36. The summed E-state index contributed by atoms with van der Waals surface area (Å²) in [4.78, 5) is 16.2. The van der Waals surface area contributed by atoms with Crippen molar-refractivity contribution in [3.63, 3.8) is 0 Å². The SMILES string of the molecule is COc1ccc(N2CCN(CCCOc3ccc4oc(=O)cc(O)c4c3)CC2)cc1. The molecule has 4 rings (SSSR count). The Balaban J connectivity index is 1.22. The maximum absolute atomic E-state index is 11.3. The van der Waals surface area contributed by atoms with Crippen LogP contribution in [0.5, 0.6) is 17.2 Å². The van der Waals surface area contributed by atoms with E-state index in [2.05, 4.69) is 21.9 Å². The number of hydrogen-bond donors (Lipinski definition) is 1. The number of ether oxygens (including phenoxy) is 2. The molecule has 0 unspecified atom stereocenters. The lowest BCUT2D eigenvalue weighted by atomic mass is 10.2. The van der Waals surface area contributed by atoms with Crippen molar-refractivity contribution in [2.75, 3.05) is 51.3 Å². The third-order valence-electron chi connectivity index (χ3n) is 5.39. The van der Waals surface area contributed by atoms with E-state index >= 15 is 0 Å². The largest absolute Gasteiger partial charge is 0.507 e. The van der Waals surface area contributed by atoms with Crippen LogP contribution >= 0.6 is 0 Å². The molecule has 2 aromatic carbocycles. The van der Waals surface area contributed by atoms with E-state index in [1.807, 2.05) is 12.1 Å². The first kappa shape index (κ1) is 20.1. The van der Waals surface area contributed by atoms with Crippen molar-refractivity contribution in [3.05, 3.63) is 59.0 Å². The van der Waals surface area contributed by atoms with E-state index in [9.17, 15) is 9.90 Å². The summed E-state index contributed by atoms with van der Waals surface area (Å²) in [5.74, 6) is 1.43. The molecule has 0 spiro atoms. The molecule has 0 radical (unpaired) electrons. The Morgan fingerprint density at radius 3 is 2.47 bits per heavy atom. The maximum Gasteiger partial charge on any atom is 0.339 e. The Kier molecular flexibility index (Phi) is 6.09. The summed E-state index contributed by atoms with van der Waals surface area (Å²) >= 11 is 0. The molecule has 1 aliphatic heterocycles. The van der Waals surface area contributed by atoms with Crippen LogP contribution in [0.4, 0.5) is 5.69 Å². The van der Waals surface area contributed by atoms with Crippen LogP contribution in [0.1, 0.15) is 6.42 Å². The van der Waals surface area contributed by atoms with Gasteiger partial charge in [-0.25, -0.2) is 4.79 Å². The van der Waals surface area contributed by atoms with Crippen LogP contribution < -0.4 is 20.0 Å². The fraction of sp³-hybridized carbons (Fsp3) is 0.348. The first-order valence-electron chi connectivity index (χ1n) is 10.1. The van der Waals surface area contributed by atoms with Gasteiger partial charge in [0.1, 0.15) is 22.8 Å². The second kappa shape index (κ2) is 9.09. The predicted octanol–water partition coefficient (Wildman–Crippen LogP) is 3.10. The van der Waals surface area contributed by atoms with Crippen LogP contribution in [0.25, 0.3) is 11.0 Å². The quantitative estimate of drug-likeness (QED) is 0.474. The number of aromatic hydroxyl groups is 1. The third kappa shape index (κ3) is 4.68. The molecule has 3 aromatic rings. The molecule has 0 aliphatic carbocycles. The van der Waals surface area contributed by atoms with E-state index < -0.39 is 5.63 Å². The average Bonchev–Trinajstić information content (AvgIpc) is 2.77. The summed E-state index contributed by atoms with van der Waals surface area (Å²) in [5, 5.41) is 10.4. The van der Waals surface area contributed by atoms with Crippen LogP contribution in [0.3, 0.4) is 0 Å². The minimum absolute atomic E-state index is 0.0959. The number of anilines is 1. The molecule has 7 heteroatoms. The van der Waals surface area contributed by atoms with Crippen molar-refractivity contribution in [3.8, 4) is 17.2 Å². The molecule has 0 atom stereocenters. The van der Waals surface area contributed by atoms with Gasteiger partial charge < -0.3 is 23.9 Å². The normalized spacial score (nSPS) is 14.8. The zero-order chi connectivity index (χ0) is 20.9. The van der Waals surface area contributed by atoms with Gasteiger partial charge in [0.05, 0.1) is 25.2 Å². The maximum atomic E-state index is 11.3. The summed E-state index contributed by atoms with van der Waals surface area (Å²) in [5.41, 5.74) is 1.01. The van der Waals surface area contributed by atoms with Gasteiger partial charge in [0.15, 0.2) is 0 Å². The standard InChI is InChI=1S/C23H26N2O5/c1-28-18-5-3-17(4-6-18)25-12-10-24(11-13-25)9-2-14-29-19-7-8-22-20(15-19)21(26)16-23(27)30-22/h3-8,15-16,26H,2,9-14H2,1H3. The van der Waals surface area contributed by atoms with Gasteiger partial charge in [-0.15, -0.1) is 0 Å². The Hall–Kier alpha value is -3.19. The summed E-state index contributed by atoms with van der Waals surface area (Å²) in [6.07, 6.45) is 0.913. The molecule has 1 aliphatic rings. The van der Waals surface area contributed by atoms with E-state index in [0.717, 1.165) is 51.0 Å². The van der Waals surface area contributed by atoms with Crippen molar-refractivity contribution in [1.29, 1.82) is 0 Å². The Bertz CT molecular complexity index is 1040. The highest BCUT2D eigenvalue weighted by Gasteiger charge is 2.17. The fourth-order valence-corrected chi connectivity index (χ4v) is 3.72. The van der Waals surface area contributed by atoms with E-state index in [-0.39, 0.29) is 5.75 Å². The van der Waals surface area contributed by atoms with Gasteiger partial charge in [-0.3, -0.25) is 4.90 Å². The highest BCUT2D eigenvalue weighted by atomic mass is 16.5. The highest BCUT2D eigenvalue weighted by molar-refractivity contribution is 5.84. The molecule has 0 bridgehead atoms. The summed E-state index contributed by atoms with van der Waals surface area (Å²) in [6.45, 7) is 5.61. The molecule has 0 saturated carbocycles. The third-order valence-corrected chi connectivity index (χ3v) is 5.39. The summed E-state index contributed by atoms with van der Waals surface area (Å²) < 4.78 is 16.1. The van der Waals surface area contributed by atoms with Crippen LogP contribution in [0, 0.1) is 0 Å². The summed E-state index contributed by atoms with van der Waals surface area (Å²) in [6, 6.07) is 14.4. The Labute approximate surface area is 175 Å². The smallest absolute Gasteiger partial charge is 0.339 e. The lowest BCUT2D eigenvalue weighted by molar-refractivity contribution is 0.225. The number of nitrogens with zero attached hydrogens (tertiary/aromatic N) is 2. The molecule has 7 nitrogen and oxygen atoms in total. The Morgan fingerprint density at radius 1 is 1.00 bits per heavy atom. The molecule has 2 heterocycles. The van der Waals surface area contributed by atoms with Crippen molar-refractivity contribution < 1.29 is 19.0 Å². The van der Waals surface area contributed by atoms with Crippen LogP contribution in [0.15, 0.2) is 57.7 Å². The average molecular weight is 410 g/mol. The van der Waals surface area contributed by atoms with Gasteiger partial charge in [0.25, 0.3) is 0 Å². The minimum atomic E-state index is -0.569. The second-order valence-corrected chi connectivity index (χ2v) is 7.34. The van der Waals surface area contributed by atoms with E-state index in [0.29, 0.717) is 23.3 Å². The van der Waals surface area contributed by atoms with Crippen molar-refractivity contribution in [1.82, 2.24) is 4.90 Å². The Morgan fingerprint density at radius 2 is 1.73 bits per heavy atom. The highest BCUT2D eigenvalue weighted by Crippen LogP contribution is 2.27. The van der Waals surface area contributed by atoms with Gasteiger partial charge in [0.2, 0.25) is 0 Å². The van der Waals surface area contributed by atoms with Crippen molar-refractivity contribution >= 4 is 16.7 Å². The zero-order valence-electron chi connectivity index (χ0n) is 17.0. The molecule has 1 aromatic heterocycles. The molecule has 30 heavy (non-hydrogen) atoms. The summed E-state index contributed by atoms with van der Waals surface area (Å²) in [7, 11) is 1.68. The topological polar surface area (TPSA) is 75.4 Å². The van der Waals surface area contributed by atoms with Gasteiger partial charge in [-0.1, -0.05) is 0 Å². The number of piperazine rings is 1. The minimum Gasteiger partial charge on any atom is -0.507 e. The van der Waals surface area contributed by atoms with Crippen LogP contribution in [-0.2, 0) is 0 Å². The van der Waals surface area contributed by atoms with Crippen molar-refractivity contribution in [2.24, 2.45) is 0 Å². The lowest BCUT2D eigenvalue weighted by Crippen LogP contribution is -2.46. The monoisotopic (exact) mass is 410 g/mol. The van der Waals surface area contributed by atoms with Crippen molar-refractivity contribution in [2.45, 2.75) is 6.42 Å². The number of rotatable bonds is 7. The van der Waals surface area contributed by atoms with Crippen LogP contribution in [0.2, 0.25) is 0 Å². The number of methoxy groups -OCH3 is 1.